The number of imidazole rings is 1. The minimum atomic E-state index is 0.688. The fraction of sp³-hybridized carbons (Fsp3) is 0.125. The average Bonchev–Trinajstić information content (AvgIpc) is 3.46. The first-order valence-corrected chi connectivity index (χ1v) is 10.5. The van der Waals surface area contributed by atoms with Crippen LogP contribution in [0.3, 0.4) is 0 Å². The average molecular weight is 429 g/mol. The van der Waals surface area contributed by atoms with Crippen LogP contribution in [-0.4, -0.2) is 30.6 Å². The first kappa shape index (κ1) is 19.3. The Morgan fingerprint density at radius 3 is 2.71 bits per heavy atom. The van der Waals surface area contributed by atoms with Crippen LogP contribution in [0.2, 0.25) is 5.02 Å². The lowest BCUT2D eigenvalue weighted by atomic mass is 10.1. The summed E-state index contributed by atoms with van der Waals surface area (Å²) < 4.78 is 4.14. The molecule has 5 rings (SSSR count). The first-order chi connectivity index (χ1) is 15.3. The van der Waals surface area contributed by atoms with Crippen LogP contribution in [0.15, 0.2) is 85.8 Å². The second kappa shape index (κ2) is 8.62. The summed E-state index contributed by atoms with van der Waals surface area (Å²) in [6, 6.07) is 18.1. The highest BCUT2D eigenvalue weighted by Gasteiger charge is 2.17. The highest BCUT2D eigenvalue weighted by Crippen LogP contribution is 2.35. The number of rotatable bonds is 7. The van der Waals surface area contributed by atoms with Crippen LogP contribution in [0.25, 0.3) is 27.8 Å². The van der Waals surface area contributed by atoms with E-state index in [9.17, 15) is 0 Å². The molecule has 31 heavy (non-hydrogen) atoms. The number of halogens is 1. The van der Waals surface area contributed by atoms with Crippen molar-refractivity contribution in [2.75, 3.05) is 11.9 Å². The summed E-state index contributed by atoms with van der Waals surface area (Å²) in [6.45, 7) is 1.69. The number of aryl methyl sites for hydroxylation is 1. The lowest BCUT2D eigenvalue weighted by molar-refractivity contribution is 0.660. The Hall–Kier alpha value is -3.64. The van der Waals surface area contributed by atoms with Crippen LogP contribution < -0.4 is 5.32 Å². The van der Waals surface area contributed by atoms with E-state index in [2.05, 4.69) is 47.7 Å². The van der Waals surface area contributed by atoms with Gasteiger partial charge in [-0.3, -0.25) is 0 Å². The number of hydrogen-bond acceptors (Lipinski definition) is 4. The third-order valence-corrected chi connectivity index (χ3v) is 5.43. The molecule has 3 aromatic heterocycles. The predicted octanol–water partition coefficient (Wildman–Crippen LogP) is 5.44. The summed E-state index contributed by atoms with van der Waals surface area (Å²) in [5.74, 6) is 0.829. The number of nitrogens with one attached hydrogen (secondary N) is 1. The van der Waals surface area contributed by atoms with Crippen molar-refractivity contribution >= 4 is 28.5 Å². The van der Waals surface area contributed by atoms with Crippen molar-refractivity contribution in [1.82, 2.24) is 24.1 Å². The predicted molar refractivity (Wildman–Crippen MR) is 125 cm³/mol. The molecule has 0 spiro atoms. The normalized spacial score (nSPS) is 11.1. The van der Waals surface area contributed by atoms with Crippen LogP contribution in [-0.2, 0) is 6.54 Å². The van der Waals surface area contributed by atoms with Gasteiger partial charge in [0.2, 0.25) is 0 Å². The molecule has 0 aliphatic heterocycles. The van der Waals surface area contributed by atoms with Gasteiger partial charge in [0.05, 0.1) is 11.7 Å². The van der Waals surface area contributed by atoms with Crippen LogP contribution >= 0.6 is 11.6 Å². The maximum absolute atomic E-state index is 6.26. The zero-order valence-electron chi connectivity index (χ0n) is 16.8. The Labute approximate surface area is 185 Å². The lowest BCUT2D eigenvalue weighted by Gasteiger charge is -2.09. The summed E-state index contributed by atoms with van der Waals surface area (Å²) in [5, 5.41) is 5.20. The molecule has 0 saturated heterocycles. The lowest BCUT2D eigenvalue weighted by Crippen LogP contribution is -2.07. The zero-order chi connectivity index (χ0) is 21.0. The molecular weight excluding hydrogens is 408 g/mol. The summed E-state index contributed by atoms with van der Waals surface area (Å²) in [6.07, 6.45) is 10.3. The quantitative estimate of drug-likeness (QED) is 0.351. The van der Waals surface area contributed by atoms with Crippen LogP contribution in [0, 0.1) is 0 Å². The minimum Gasteiger partial charge on any atom is -0.369 e. The Morgan fingerprint density at radius 1 is 1.00 bits per heavy atom. The van der Waals surface area contributed by atoms with Crippen molar-refractivity contribution < 1.29 is 0 Å². The molecule has 1 N–H and O–H groups in total. The van der Waals surface area contributed by atoms with Crippen molar-refractivity contribution in [1.29, 1.82) is 0 Å². The fourth-order valence-electron chi connectivity index (χ4n) is 3.74. The Morgan fingerprint density at radius 2 is 1.90 bits per heavy atom. The van der Waals surface area contributed by atoms with E-state index in [0.717, 1.165) is 53.2 Å². The van der Waals surface area contributed by atoms with Crippen molar-refractivity contribution in [3.63, 3.8) is 0 Å². The number of benzene rings is 2. The molecule has 2 aromatic carbocycles. The molecule has 0 aliphatic rings. The minimum absolute atomic E-state index is 0.688. The molecule has 0 fully saturated rings. The van der Waals surface area contributed by atoms with Crippen molar-refractivity contribution in [2.24, 2.45) is 0 Å². The van der Waals surface area contributed by atoms with E-state index in [0.29, 0.717) is 5.02 Å². The summed E-state index contributed by atoms with van der Waals surface area (Å²) >= 11 is 6.26. The van der Waals surface area contributed by atoms with E-state index in [1.807, 2.05) is 55.0 Å². The summed E-state index contributed by atoms with van der Waals surface area (Å²) in [5.41, 5.74) is 4.00. The van der Waals surface area contributed by atoms with Gasteiger partial charge in [0.25, 0.3) is 0 Å². The van der Waals surface area contributed by atoms with Gasteiger partial charge in [-0.15, -0.1) is 0 Å². The zero-order valence-corrected chi connectivity index (χ0v) is 17.6. The molecule has 0 radical (unpaired) electrons. The third-order valence-electron chi connectivity index (χ3n) is 5.20. The van der Waals surface area contributed by atoms with Gasteiger partial charge in [0.15, 0.2) is 5.65 Å². The van der Waals surface area contributed by atoms with E-state index in [4.69, 9.17) is 11.6 Å². The molecule has 0 atom stereocenters. The highest BCUT2D eigenvalue weighted by atomic mass is 35.5. The molecule has 6 nitrogen and oxygen atoms in total. The van der Waals surface area contributed by atoms with Crippen LogP contribution in [0.4, 0.5) is 5.82 Å². The molecule has 0 saturated carbocycles. The van der Waals surface area contributed by atoms with Gasteiger partial charge in [-0.25, -0.2) is 15.0 Å². The number of anilines is 1. The molecule has 7 heteroatoms. The molecule has 0 bridgehead atoms. The van der Waals surface area contributed by atoms with Gasteiger partial charge in [0.1, 0.15) is 12.1 Å². The molecular formula is C24H21ClN6. The fourth-order valence-corrected chi connectivity index (χ4v) is 3.93. The Balaban J connectivity index is 1.55. The molecule has 0 unspecified atom stereocenters. The topological polar surface area (TPSA) is 60.6 Å². The molecule has 5 aromatic rings. The van der Waals surface area contributed by atoms with Crippen molar-refractivity contribution in [2.45, 2.75) is 13.0 Å². The van der Waals surface area contributed by atoms with E-state index in [-0.39, 0.29) is 0 Å². The Kier molecular flexibility index (Phi) is 5.37. The molecule has 0 aliphatic carbocycles. The van der Waals surface area contributed by atoms with Gasteiger partial charge in [-0.05, 0) is 30.2 Å². The monoisotopic (exact) mass is 428 g/mol. The number of hydrogen-bond donors (Lipinski definition) is 1. The van der Waals surface area contributed by atoms with Gasteiger partial charge in [0, 0.05) is 48.0 Å². The van der Waals surface area contributed by atoms with Gasteiger partial charge >= 0.3 is 0 Å². The van der Waals surface area contributed by atoms with Crippen LogP contribution in [0.1, 0.15) is 6.42 Å². The van der Waals surface area contributed by atoms with Gasteiger partial charge < -0.3 is 14.5 Å². The van der Waals surface area contributed by atoms with E-state index >= 15 is 0 Å². The smallest absolute Gasteiger partial charge is 0.150 e. The van der Waals surface area contributed by atoms with E-state index < -0.39 is 0 Å². The highest BCUT2D eigenvalue weighted by molar-refractivity contribution is 6.30. The maximum Gasteiger partial charge on any atom is 0.150 e. The SMILES string of the molecule is Clc1cccc(-n2cc(-c3ccccc3)c3c(NCCCn4ccnc4)ncnc32)c1. The standard InChI is InChI=1S/C24H21ClN6/c25-19-8-4-9-20(14-19)31-15-21(18-6-2-1-3-7-18)22-23(28-16-29-24(22)31)27-10-5-12-30-13-11-26-17-30/h1-4,6-9,11,13-17H,5,10,12H2,(H,27,28,29). The van der Waals surface area contributed by atoms with Gasteiger partial charge in [-0.2, -0.15) is 0 Å². The van der Waals surface area contributed by atoms with Gasteiger partial charge in [-0.1, -0.05) is 48.0 Å². The first-order valence-electron chi connectivity index (χ1n) is 10.2. The number of nitrogens with zero attached hydrogens (tertiary/aromatic N) is 5. The van der Waals surface area contributed by atoms with Crippen molar-refractivity contribution in [3.05, 3.63) is 90.9 Å². The number of aromatic nitrogens is 5. The van der Waals surface area contributed by atoms with Crippen LogP contribution in [0.5, 0.6) is 0 Å². The third kappa shape index (κ3) is 4.02. The second-order valence-electron chi connectivity index (χ2n) is 7.26. The van der Waals surface area contributed by atoms with E-state index in [1.54, 1.807) is 12.5 Å². The molecule has 3 heterocycles. The maximum atomic E-state index is 6.26. The largest absolute Gasteiger partial charge is 0.369 e. The molecule has 0 amide bonds. The summed E-state index contributed by atoms with van der Waals surface area (Å²) in [7, 11) is 0. The van der Waals surface area contributed by atoms with Crippen molar-refractivity contribution in [3.8, 4) is 16.8 Å². The van der Waals surface area contributed by atoms with E-state index in [1.165, 1.54) is 0 Å². The molecule has 154 valence electrons. The Bertz CT molecular complexity index is 1290. The summed E-state index contributed by atoms with van der Waals surface area (Å²) in [4.78, 5) is 13.3. The number of fused-ring (bicyclic) bond motifs is 1. The second-order valence-corrected chi connectivity index (χ2v) is 7.70.